The number of nitrogens with one attached hydrogen (secondary N) is 1. The first-order valence-electron chi connectivity index (χ1n) is 7.90. The highest BCUT2D eigenvalue weighted by molar-refractivity contribution is 7.19. The van der Waals surface area contributed by atoms with E-state index < -0.39 is 0 Å². The molecule has 7 heteroatoms. The number of halogens is 2. The molecule has 0 unspecified atom stereocenters. The van der Waals surface area contributed by atoms with E-state index in [1.54, 1.807) is 24.4 Å². The minimum absolute atomic E-state index is 0.199. The number of thiophene rings is 1. The van der Waals surface area contributed by atoms with Gasteiger partial charge in [0.1, 0.15) is 21.6 Å². The van der Waals surface area contributed by atoms with Gasteiger partial charge in [0.15, 0.2) is 0 Å². The van der Waals surface area contributed by atoms with Crippen molar-refractivity contribution >= 4 is 33.2 Å². The zero-order chi connectivity index (χ0) is 18.3. The average molecular weight is 386 g/mol. The first-order valence-corrected chi connectivity index (χ1v) is 9.09. The number of benzene rings is 1. The lowest BCUT2D eigenvalue weighted by Gasteiger charge is -2.03. The van der Waals surface area contributed by atoms with Crippen molar-refractivity contribution in [3.63, 3.8) is 0 Å². The highest BCUT2D eigenvalue weighted by atomic mass is 35.5. The van der Waals surface area contributed by atoms with Gasteiger partial charge < -0.3 is 4.98 Å². The number of fused-ring (bicyclic) bond motifs is 1. The third-order valence-corrected chi connectivity index (χ3v) is 5.30. The molecule has 1 aromatic carbocycles. The molecule has 0 aliphatic heterocycles. The molecular formula is C19H13ClFN3OS. The Morgan fingerprint density at radius 1 is 1.19 bits per heavy atom. The molecule has 4 aromatic rings. The summed E-state index contributed by atoms with van der Waals surface area (Å²) in [6.07, 6.45) is 2.12. The summed E-state index contributed by atoms with van der Waals surface area (Å²) in [7, 11) is 0. The number of hydrogen-bond donors (Lipinski definition) is 1. The standard InChI is InChI=1S/C19H13ClFN3OS/c1-10-16(12-3-5-13(21)6-4-12)17-18(25)23-15(24-19(17)26-10)8-11-2-7-14(20)22-9-11/h2-7,9H,8H2,1H3,(H,23,24,25). The summed E-state index contributed by atoms with van der Waals surface area (Å²) in [5.41, 5.74) is 2.31. The lowest BCUT2D eigenvalue weighted by molar-refractivity contribution is 0.628. The van der Waals surface area contributed by atoms with Crippen molar-refractivity contribution in [2.24, 2.45) is 0 Å². The van der Waals surface area contributed by atoms with Crippen LogP contribution in [-0.4, -0.2) is 15.0 Å². The van der Waals surface area contributed by atoms with Crippen LogP contribution in [0.1, 0.15) is 16.3 Å². The fraction of sp³-hybridized carbons (Fsp3) is 0.105. The van der Waals surface area contributed by atoms with Crippen LogP contribution in [0.2, 0.25) is 5.15 Å². The molecule has 130 valence electrons. The van der Waals surface area contributed by atoms with Gasteiger partial charge in [0.2, 0.25) is 0 Å². The Labute approximate surface area is 157 Å². The molecule has 0 saturated carbocycles. The third kappa shape index (κ3) is 3.13. The smallest absolute Gasteiger partial charge is 0.260 e. The van der Waals surface area contributed by atoms with Crippen molar-refractivity contribution in [1.82, 2.24) is 15.0 Å². The predicted octanol–water partition coefficient (Wildman–Crippen LogP) is 4.74. The van der Waals surface area contributed by atoms with Crippen LogP contribution in [-0.2, 0) is 6.42 Å². The Kier molecular flexibility index (Phi) is 4.30. The topological polar surface area (TPSA) is 58.6 Å². The zero-order valence-corrected chi connectivity index (χ0v) is 15.3. The highest BCUT2D eigenvalue weighted by Crippen LogP contribution is 2.35. The van der Waals surface area contributed by atoms with Crippen LogP contribution in [0.15, 0.2) is 47.4 Å². The zero-order valence-electron chi connectivity index (χ0n) is 13.7. The Morgan fingerprint density at radius 2 is 1.96 bits per heavy atom. The normalized spacial score (nSPS) is 11.2. The molecule has 26 heavy (non-hydrogen) atoms. The summed E-state index contributed by atoms with van der Waals surface area (Å²) in [4.78, 5) is 25.9. The minimum Gasteiger partial charge on any atom is -0.310 e. The Balaban J connectivity index is 1.80. The van der Waals surface area contributed by atoms with Gasteiger partial charge in [-0.1, -0.05) is 29.8 Å². The Hall–Kier alpha value is -2.57. The molecule has 0 fully saturated rings. The van der Waals surface area contributed by atoms with E-state index in [0.29, 0.717) is 27.6 Å². The molecule has 0 bridgehead atoms. The van der Waals surface area contributed by atoms with Gasteiger partial charge in [0.05, 0.1) is 5.39 Å². The first kappa shape index (κ1) is 16.9. The second-order valence-corrected chi connectivity index (χ2v) is 7.49. The van der Waals surface area contributed by atoms with Crippen LogP contribution >= 0.6 is 22.9 Å². The average Bonchev–Trinajstić information content (AvgIpc) is 2.94. The van der Waals surface area contributed by atoms with Gasteiger partial charge in [-0.05, 0) is 36.2 Å². The molecule has 0 amide bonds. The highest BCUT2D eigenvalue weighted by Gasteiger charge is 2.17. The van der Waals surface area contributed by atoms with E-state index in [4.69, 9.17) is 11.6 Å². The van der Waals surface area contributed by atoms with Crippen LogP contribution in [0.25, 0.3) is 21.3 Å². The van der Waals surface area contributed by atoms with Crippen LogP contribution < -0.4 is 5.56 Å². The Morgan fingerprint density at radius 3 is 2.65 bits per heavy atom. The summed E-state index contributed by atoms with van der Waals surface area (Å²) in [5, 5.41) is 0.959. The maximum Gasteiger partial charge on any atom is 0.260 e. The molecule has 3 aromatic heterocycles. The van der Waals surface area contributed by atoms with Gasteiger partial charge >= 0.3 is 0 Å². The Bertz CT molecular complexity index is 1150. The van der Waals surface area contributed by atoms with Gasteiger partial charge in [-0.15, -0.1) is 11.3 Å². The molecule has 0 saturated heterocycles. The molecule has 0 aliphatic rings. The van der Waals surface area contributed by atoms with E-state index >= 15 is 0 Å². The van der Waals surface area contributed by atoms with Crippen molar-refractivity contribution in [2.75, 3.05) is 0 Å². The monoisotopic (exact) mass is 385 g/mol. The number of hydrogen-bond acceptors (Lipinski definition) is 4. The lowest BCUT2D eigenvalue weighted by atomic mass is 10.0. The first-order chi connectivity index (χ1) is 12.5. The molecule has 1 N–H and O–H groups in total. The number of nitrogens with zero attached hydrogens (tertiary/aromatic N) is 2. The van der Waals surface area contributed by atoms with E-state index in [9.17, 15) is 9.18 Å². The van der Waals surface area contributed by atoms with Gasteiger partial charge in [-0.25, -0.2) is 14.4 Å². The third-order valence-electron chi connectivity index (χ3n) is 4.08. The largest absolute Gasteiger partial charge is 0.310 e. The van der Waals surface area contributed by atoms with Gasteiger partial charge in [-0.3, -0.25) is 4.79 Å². The van der Waals surface area contributed by atoms with E-state index in [2.05, 4.69) is 15.0 Å². The van der Waals surface area contributed by atoms with Crippen LogP contribution in [0.3, 0.4) is 0 Å². The summed E-state index contributed by atoms with van der Waals surface area (Å²) in [6, 6.07) is 9.69. The fourth-order valence-corrected chi connectivity index (χ4v) is 4.09. The second-order valence-electron chi connectivity index (χ2n) is 5.90. The van der Waals surface area contributed by atoms with E-state index in [0.717, 1.165) is 21.6 Å². The molecule has 4 rings (SSSR count). The van der Waals surface area contributed by atoms with Crippen LogP contribution in [0.4, 0.5) is 4.39 Å². The number of pyridine rings is 1. The number of rotatable bonds is 3. The molecule has 0 radical (unpaired) electrons. The lowest BCUT2D eigenvalue weighted by Crippen LogP contribution is -2.11. The number of aryl methyl sites for hydroxylation is 1. The summed E-state index contributed by atoms with van der Waals surface area (Å²) in [6.45, 7) is 1.94. The second kappa shape index (κ2) is 6.63. The van der Waals surface area contributed by atoms with Gasteiger partial charge in [-0.2, -0.15) is 0 Å². The molecule has 0 spiro atoms. The van der Waals surface area contributed by atoms with Crippen molar-refractivity contribution in [1.29, 1.82) is 0 Å². The van der Waals surface area contributed by atoms with E-state index in [-0.39, 0.29) is 11.4 Å². The number of H-pyrrole nitrogens is 1. The fourth-order valence-electron chi connectivity index (χ4n) is 2.92. The van der Waals surface area contributed by atoms with Crippen molar-refractivity contribution in [2.45, 2.75) is 13.3 Å². The van der Waals surface area contributed by atoms with E-state index in [1.807, 2.05) is 13.0 Å². The molecule has 3 heterocycles. The summed E-state index contributed by atoms with van der Waals surface area (Å²) >= 11 is 7.26. The molecule has 4 nitrogen and oxygen atoms in total. The van der Waals surface area contributed by atoms with Crippen molar-refractivity contribution < 1.29 is 4.39 Å². The molecular weight excluding hydrogens is 373 g/mol. The number of aromatic amines is 1. The van der Waals surface area contributed by atoms with Crippen molar-refractivity contribution in [3.05, 3.63) is 80.2 Å². The summed E-state index contributed by atoms with van der Waals surface area (Å²) < 4.78 is 13.2. The predicted molar refractivity (Wildman–Crippen MR) is 102 cm³/mol. The van der Waals surface area contributed by atoms with E-state index in [1.165, 1.54) is 23.5 Å². The summed E-state index contributed by atoms with van der Waals surface area (Å²) in [5.74, 6) is 0.260. The van der Waals surface area contributed by atoms with Crippen LogP contribution in [0, 0.1) is 12.7 Å². The van der Waals surface area contributed by atoms with Crippen molar-refractivity contribution in [3.8, 4) is 11.1 Å². The van der Waals surface area contributed by atoms with Crippen LogP contribution in [0.5, 0.6) is 0 Å². The quantitative estimate of drug-likeness (QED) is 0.518. The van der Waals surface area contributed by atoms with Gasteiger partial charge in [0.25, 0.3) is 5.56 Å². The maximum atomic E-state index is 13.2. The minimum atomic E-state index is -0.308. The SMILES string of the molecule is Cc1sc2nc(Cc3ccc(Cl)nc3)[nH]c(=O)c2c1-c1ccc(F)cc1. The number of aromatic nitrogens is 3. The molecule has 0 aliphatic carbocycles. The molecule has 0 atom stereocenters. The maximum absolute atomic E-state index is 13.2. The van der Waals surface area contributed by atoms with Gasteiger partial charge in [0, 0.05) is 23.1 Å².